The van der Waals surface area contributed by atoms with Gasteiger partial charge in [-0.25, -0.2) is 0 Å². The van der Waals surface area contributed by atoms with Crippen molar-refractivity contribution in [2.24, 2.45) is 0 Å². The standard InChI is InChI=1S/C16H13N3OS/c17-12-6-3-5-11(8-12)15-18-16(20-19-15)14-9-10-4-1-2-7-13(10)21-14/h1-8,14H,9,17H2. The van der Waals surface area contributed by atoms with E-state index in [9.17, 15) is 0 Å². The molecular formula is C16H13N3OS. The normalized spacial score (nSPS) is 16.9. The summed E-state index contributed by atoms with van der Waals surface area (Å²) in [5.41, 5.74) is 8.71. The van der Waals surface area contributed by atoms with Crippen LogP contribution in [0, 0.1) is 0 Å². The van der Waals surface area contributed by atoms with E-state index >= 15 is 0 Å². The molecule has 0 amide bonds. The van der Waals surface area contributed by atoms with Gasteiger partial charge in [-0.05, 0) is 30.2 Å². The summed E-state index contributed by atoms with van der Waals surface area (Å²) in [7, 11) is 0. The predicted molar refractivity (Wildman–Crippen MR) is 82.9 cm³/mol. The zero-order chi connectivity index (χ0) is 14.2. The Hall–Kier alpha value is -2.27. The van der Waals surface area contributed by atoms with Crippen LogP contribution in [0.5, 0.6) is 0 Å². The Bertz CT molecular complexity index is 774. The van der Waals surface area contributed by atoms with Crippen LogP contribution < -0.4 is 5.73 Å². The Morgan fingerprint density at radius 2 is 2.05 bits per heavy atom. The van der Waals surface area contributed by atoms with Gasteiger partial charge in [-0.15, -0.1) is 11.8 Å². The number of fused-ring (bicyclic) bond motifs is 1. The quantitative estimate of drug-likeness (QED) is 0.730. The molecule has 0 spiro atoms. The van der Waals surface area contributed by atoms with Crippen LogP contribution in [0.1, 0.15) is 16.7 Å². The highest BCUT2D eigenvalue weighted by Crippen LogP contribution is 2.45. The second-order valence-electron chi connectivity index (χ2n) is 5.00. The fraction of sp³-hybridized carbons (Fsp3) is 0.125. The van der Waals surface area contributed by atoms with E-state index in [1.807, 2.05) is 24.3 Å². The molecule has 2 aromatic carbocycles. The highest BCUT2D eigenvalue weighted by atomic mass is 32.2. The lowest BCUT2D eigenvalue weighted by Crippen LogP contribution is -1.93. The summed E-state index contributed by atoms with van der Waals surface area (Å²) in [4.78, 5) is 5.83. The number of nitrogens with zero attached hydrogens (tertiary/aromatic N) is 2. The monoisotopic (exact) mass is 295 g/mol. The SMILES string of the molecule is Nc1cccc(-c2noc(C3Cc4ccccc4S3)n2)c1. The van der Waals surface area contributed by atoms with Gasteiger partial charge in [0.05, 0.1) is 5.25 Å². The smallest absolute Gasteiger partial charge is 0.240 e. The molecule has 1 unspecified atom stereocenters. The minimum Gasteiger partial charge on any atom is -0.399 e. The number of thioether (sulfide) groups is 1. The predicted octanol–water partition coefficient (Wildman–Crippen LogP) is 3.71. The van der Waals surface area contributed by atoms with E-state index in [0.717, 1.165) is 12.0 Å². The molecule has 2 N–H and O–H groups in total. The van der Waals surface area contributed by atoms with Gasteiger partial charge < -0.3 is 10.3 Å². The highest BCUT2D eigenvalue weighted by Gasteiger charge is 2.28. The van der Waals surface area contributed by atoms with Crippen LogP contribution in [0.4, 0.5) is 5.69 Å². The second kappa shape index (κ2) is 4.93. The van der Waals surface area contributed by atoms with Gasteiger partial charge in [0.1, 0.15) is 0 Å². The van der Waals surface area contributed by atoms with E-state index in [1.54, 1.807) is 11.8 Å². The first-order valence-corrected chi connectivity index (χ1v) is 7.61. The molecule has 1 atom stereocenters. The summed E-state index contributed by atoms with van der Waals surface area (Å²) in [6.07, 6.45) is 0.930. The lowest BCUT2D eigenvalue weighted by Gasteiger charge is -2.00. The molecule has 3 aromatic rings. The maximum atomic E-state index is 5.79. The van der Waals surface area contributed by atoms with Crippen molar-refractivity contribution in [2.45, 2.75) is 16.6 Å². The molecule has 1 aliphatic heterocycles. The van der Waals surface area contributed by atoms with Crippen LogP contribution in [-0.4, -0.2) is 10.1 Å². The van der Waals surface area contributed by atoms with E-state index in [0.29, 0.717) is 17.4 Å². The number of hydrogen-bond acceptors (Lipinski definition) is 5. The van der Waals surface area contributed by atoms with Crippen molar-refractivity contribution in [1.29, 1.82) is 0 Å². The molecular weight excluding hydrogens is 282 g/mol. The number of benzene rings is 2. The van der Waals surface area contributed by atoms with Gasteiger partial charge in [0.15, 0.2) is 0 Å². The summed E-state index contributed by atoms with van der Waals surface area (Å²) < 4.78 is 5.45. The first-order chi connectivity index (χ1) is 10.3. The molecule has 0 saturated heterocycles. The van der Waals surface area contributed by atoms with Gasteiger partial charge in [-0.3, -0.25) is 0 Å². The van der Waals surface area contributed by atoms with Gasteiger partial charge in [0.2, 0.25) is 11.7 Å². The third-order valence-electron chi connectivity index (χ3n) is 3.51. The molecule has 0 radical (unpaired) electrons. The van der Waals surface area contributed by atoms with Crippen LogP contribution in [0.3, 0.4) is 0 Å². The Balaban J connectivity index is 1.62. The number of nitrogens with two attached hydrogens (primary N) is 1. The number of anilines is 1. The molecule has 2 heterocycles. The molecule has 104 valence electrons. The summed E-state index contributed by atoms with van der Waals surface area (Å²) >= 11 is 1.78. The fourth-order valence-electron chi connectivity index (χ4n) is 2.48. The van der Waals surface area contributed by atoms with Crippen LogP contribution in [0.2, 0.25) is 0 Å². The molecule has 1 aliphatic rings. The van der Waals surface area contributed by atoms with Gasteiger partial charge in [-0.1, -0.05) is 35.5 Å². The Morgan fingerprint density at radius 1 is 1.14 bits per heavy atom. The molecule has 0 bridgehead atoms. The van der Waals surface area contributed by atoms with Crippen molar-refractivity contribution in [3.05, 3.63) is 60.0 Å². The topological polar surface area (TPSA) is 64.9 Å². The molecule has 0 saturated carbocycles. The maximum Gasteiger partial charge on any atom is 0.240 e. The first-order valence-electron chi connectivity index (χ1n) is 6.74. The van der Waals surface area contributed by atoms with Crippen LogP contribution >= 0.6 is 11.8 Å². The zero-order valence-corrected chi connectivity index (χ0v) is 12.0. The first kappa shape index (κ1) is 12.5. The van der Waals surface area contributed by atoms with Crippen molar-refractivity contribution in [1.82, 2.24) is 10.1 Å². The second-order valence-corrected chi connectivity index (χ2v) is 6.24. The summed E-state index contributed by atoms with van der Waals surface area (Å²) in [5.74, 6) is 1.27. The van der Waals surface area contributed by atoms with Crippen LogP contribution in [0.25, 0.3) is 11.4 Å². The van der Waals surface area contributed by atoms with Gasteiger partial charge in [0.25, 0.3) is 0 Å². The van der Waals surface area contributed by atoms with E-state index < -0.39 is 0 Å². The highest BCUT2D eigenvalue weighted by molar-refractivity contribution is 7.99. The van der Waals surface area contributed by atoms with Crippen molar-refractivity contribution in [3.63, 3.8) is 0 Å². The molecule has 5 heteroatoms. The molecule has 0 aliphatic carbocycles. The lowest BCUT2D eigenvalue weighted by atomic mass is 10.1. The van der Waals surface area contributed by atoms with Crippen LogP contribution in [0.15, 0.2) is 57.9 Å². The van der Waals surface area contributed by atoms with Crippen molar-refractivity contribution >= 4 is 17.4 Å². The van der Waals surface area contributed by atoms with Crippen LogP contribution in [-0.2, 0) is 6.42 Å². The lowest BCUT2D eigenvalue weighted by molar-refractivity contribution is 0.377. The van der Waals surface area contributed by atoms with E-state index in [4.69, 9.17) is 10.3 Å². The van der Waals surface area contributed by atoms with E-state index in [1.165, 1.54) is 10.5 Å². The molecule has 21 heavy (non-hydrogen) atoms. The number of nitrogen functional groups attached to an aromatic ring is 1. The van der Waals surface area contributed by atoms with Gasteiger partial charge in [-0.2, -0.15) is 4.98 Å². The summed E-state index contributed by atoms with van der Waals surface area (Å²) in [6, 6.07) is 15.9. The Kier molecular flexibility index (Phi) is 2.93. The maximum absolute atomic E-state index is 5.79. The van der Waals surface area contributed by atoms with Crippen molar-refractivity contribution in [2.75, 3.05) is 5.73 Å². The summed E-state index contributed by atoms with van der Waals surface area (Å²) in [5, 5.41) is 4.28. The minimum atomic E-state index is 0.199. The molecule has 0 fully saturated rings. The third-order valence-corrected chi connectivity index (χ3v) is 4.81. The molecule has 1 aromatic heterocycles. The Labute approximate surface area is 126 Å². The average molecular weight is 295 g/mol. The summed E-state index contributed by atoms with van der Waals surface area (Å²) in [6.45, 7) is 0. The molecule has 4 nitrogen and oxygen atoms in total. The van der Waals surface area contributed by atoms with Crippen molar-refractivity contribution in [3.8, 4) is 11.4 Å². The zero-order valence-electron chi connectivity index (χ0n) is 11.2. The largest absolute Gasteiger partial charge is 0.399 e. The van der Waals surface area contributed by atoms with Gasteiger partial charge >= 0.3 is 0 Å². The number of rotatable bonds is 2. The minimum absolute atomic E-state index is 0.199. The Morgan fingerprint density at radius 3 is 2.90 bits per heavy atom. The number of aromatic nitrogens is 2. The van der Waals surface area contributed by atoms with E-state index in [-0.39, 0.29) is 5.25 Å². The fourth-order valence-corrected chi connectivity index (χ4v) is 3.71. The molecule has 4 rings (SSSR count). The third kappa shape index (κ3) is 2.29. The average Bonchev–Trinajstić information content (AvgIpc) is 3.14. The van der Waals surface area contributed by atoms with E-state index in [2.05, 4.69) is 34.4 Å². The van der Waals surface area contributed by atoms with Crippen molar-refractivity contribution < 1.29 is 4.52 Å². The number of hydrogen-bond donors (Lipinski definition) is 1. The van der Waals surface area contributed by atoms with Gasteiger partial charge in [0, 0.05) is 16.1 Å².